The summed E-state index contributed by atoms with van der Waals surface area (Å²) in [4.78, 5) is 12.6. The van der Waals surface area contributed by atoms with Crippen LogP contribution < -0.4 is 19.2 Å². The molecule has 0 atom stereocenters. The monoisotopic (exact) mass is 512 g/mol. The molecule has 36 heavy (non-hydrogen) atoms. The molecule has 0 aliphatic carbocycles. The maximum absolute atomic E-state index is 12.6. The number of amides is 1. The van der Waals surface area contributed by atoms with Crippen molar-refractivity contribution in [3.63, 3.8) is 0 Å². The first-order chi connectivity index (χ1) is 17.0. The second kappa shape index (κ2) is 10.9. The number of nitrogens with one attached hydrogen (secondary N) is 1. The van der Waals surface area contributed by atoms with Gasteiger partial charge in [0.2, 0.25) is 10.0 Å². The molecule has 0 saturated carbocycles. The Morgan fingerprint density at radius 1 is 1.06 bits per heavy atom. The van der Waals surface area contributed by atoms with Crippen LogP contribution in [0.4, 0.5) is 5.69 Å². The van der Waals surface area contributed by atoms with Gasteiger partial charge in [0.25, 0.3) is 5.91 Å². The first-order valence-corrected chi connectivity index (χ1v) is 13.1. The van der Waals surface area contributed by atoms with Crippen molar-refractivity contribution in [3.8, 4) is 17.2 Å². The minimum atomic E-state index is -3.79. The molecule has 9 nitrogen and oxygen atoms in total. The van der Waals surface area contributed by atoms with Gasteiger partial charge in [0.05, 0.1) is 32.4 Å². The summed E-state index contributed by atoms with van der Waals surface area (Å²) in [6.07, 6.45) is 2.58. The van der Waals surface area contributed by atoms with Gasteiger partial charge in [-0.05, 0) is 57.5 Å². The number of aryl methyl sites for hydroxylation is 3. The van der Waals surface area contributed by atoms with Crippen molar-refractivity contribution in [3.05, 3.63) is 70.5 Å². The molecule has 0 bridgehead atoms. The van der Waals surface area contributed by atoms with Gasteiger partial charge >= 0.3 is 0 Å². The Morgan fingerprint density at radius 2 is 1.78 bits per heavy atom. The molecule has 1 heterocycles. The molecular weight excluding hydrogens is 480 g/mol. The van der Waals surface area contributed by atoms with Gasteiger partial charge in [-0.2, -0.15) is 5.10 Å². The van der Waals surface area contributed by atoms with Crippen LogP contribution in [0.1, 0.15) is 28.1 Å². The number of benzene rings is 2. The minimum absolute atomic E-state index is 0.219. The van der Waals surface area contributed by atoms with Crippen molar-refractivity contribution in [1.29, 1.82) is 0 Å². The lowest BCUT2D eigenvalue weighted by Gasteiger charge is -2.23. The number of hydrazone groups is 1. The summed E-state index contributed by atoms with van der Waals surface area (Å²) in [5.41, 5.74) is 8.91. The van der Waals surface area contributed by atoms with Crippen LogP contribution in [0.2, 0.25) is 0 Å². The summed E-state index contributed by atoms with van der Waals surface area (Å²) in [7, 11) is -0.885. The first kappa shape index (κ1) is 26.8. The van der Waals surface area contributed by atoms with Gasteiger partial charge in [0, 0.05) is 28.7 Å². The van der Waals surface area contributed by atoms with E-state index in [1.165, 1.54) is 25.8 Å². The van der Waals surface area contributed by atoms with E-state index in [4.69, 9.17) is 9.47 Å². The number of ether oxygens (including phenoxy) is 2. The fraction of sp³-hybridized carbons (Fsp3) is 0.308. The highest BCUT2D eigenvalue weighted by Crippen LogP contribution is 2.33. The first-order valence-electron chi connectivity index (χ1n) is 11.2. The normalized spacial score (nSPS) is 11.5. The molecule has 0 radical (unpaired) electrons. The van der Waals surface area contributed by atoms with Gasteiger partial charge < -0.3 is 14.0 Å². The summed E-state index contributed by atoms with van der Waals surface area (Å²) >= 11 is 0. The third-order valence-electron chi connectivity index (χ3n) is 5.80. The van der Waals surface area contributed by atoms with Crippen molar-refractivity contribution < 1.29 is 22.7 Å². The lowest BCUT2D eigenvalue weighted by molar-refractivity contribution is -0.119. The number of aromatic nitrogens is 1. The average molecular weight is 513 g/mol. The van der Waals surface area contributed by atoms with Gasteiger partial charge in [-0.25, -0.2) is 13.8 Å². The lowest BCUT2D eigenvalue weighted by atomic mass is 10.1. The van der Waals surface area contributed by atoms with Crippen molar-refractivity contribution in [2.45, 2.75) is 27.7 Å². The van der Waals surface area contributed by atoms with E-state index in [0.717, 1.165) is 38.8 Å². The number of methoxy groups -OCH3 is 2. The summed E-state index contributed by atoms with van der Waals surface area (Å²) in [6, 6.07) is 12.9. The fourth-order valence-corrected chi connectivity index (χ4v) is 4.92. The zero-order valence-corrected chi connectivity index (χ0v) is 22.4. The maximum Gasteiger partial charge on any atom is 0.260 e. The molecule has 1 N–H and O–H groups in total. The Bertz CT molecular complexity index is 1410. The van der Waals surface area contributed by atoms with Crippen LogP contribution >= 0.6 is 0 Å². The maximum atomic E-state index is 12.6. The van der Waals surface area contributed by atoms with Crippen molar-refractivity contribution >= 4 is 27.8 Å². The van der Waals surface area contributed by atoms with Gasteiger partial charge in [-0.15, -0.1) is 0 Å². The van der Waals surface area contributed by atoms with E-state index >= 15 is 0 Å². The number of carbonyl (C=O) groups excluding carboxylic acids is 1. The molecule has 0 fully saturated rings. The molecule has 3 aromatic rings. The molecule has 192 valence electrons. The summed E-state index contributed by atoms with van der Waals surface area (Å²) in [5, 5.41) is 4.08. The van der Waals surface area contributed by atoms with E-state index in [-0.39, 0.29) is 11.4 Å². The molecule has 10 heteroatoms. The zero-order chi connectivity index (χ0) is 26.6. The quantitative estimate of drug-likeness (QED) is 0.348. The van der Waals surface area contributed by atoms with E-state index in [9.17, 15) is 13.2 Å². The molecule has 1 aromatic heterocycles. The topological polar surface area (TPSA) is 102 Å². The third kappa shape index (κ3) is 5.88. The van der Waals surface area contributed by atoms with E-state index in [1.807, 2.05) is 19.9 Å². The van der Waals surface area contributed by atoms with Gasteiger partial charge in [-0.3, -0.25) is 9.10 Å². The average Bonchev–Trinajstić information content (AvgIpc) is 3.09. The second-order valence-electron chi connectivity index (χ2n) is 8.55. The summed E-state index contributed by atoms with van der Waals surface area (Å²) in [5.74, 6) is 0.157. The largest absolute Gasteiger partial charge is 0.497 e. The molecular formula is C26H32N4O5S. The Hall–Kier alpha value is -3.79. The van der Waals surface area contributed by atoms with Gasteiger partial charge in [0.15, 0.2) is 0 Å². The standard InChI is InChI=1S/C26H32N4O5S/c1-17-8-10-23(18(2)12-17)30-19(3)13-21(20(30)4)15-27-28-26(31)16-29(36(7,32)33)24-11-9-22(34-5)14-25(24)35-6/h8-15H,16H2,1-7H3,(H,28,31)/b27-15-. The Morgan fingerprint density at radius 3 is 2.39 bits per heavy atom. The van der Waals surface area contributed by atoms with Gasteiger partial charge in [0.1, 0.15) is 18.0 Å². The van der Waals surface area contributed by atoms with Crippen LogP contribution in [0.3, 0.4) is 0 Å². The molecule has 1 amide bonds. The highest BCUT2D eigenvalue weighted by molar-refractivity contribution is 7.92. The number of anilines is 1. The molecule has 0 aliphatic rings. The number of rotatable bonds is 9. The van der Waals surface area contributed by atoms with Gasteiger partial charge in [-0.1, -0.05) is 17.7 Å². The Balaban J connectivity index is 1.79. The molecule has 0 spiro atoms. The fourth-order valence-electron chi connectivity index (χ4n) is 4.06. The number of carbonyl (C=O) groups is 1. The molecule has 3 rings (SSSR count). The number of sulfonamides is 1. The van der Waals surface area contributed by atoms with Crippen LogP contribution in [-0.4, -0.2) is 52.1 Å². The van der Waals surface area contributed by atoms with E-state index in [0.29, 0.717) is 5.75 Å². The summed E-state index contributed by atoms with van der Waals surface area (Å²) in [6.45, 7) is 7.65. The number of hydrogen-bond donors (Lipinski definition) is 1. The van der Waals surface area contributed by atoms with Crippen LogP contribution in [-0.2, 0) is 14.8 Å². The van der Waals surface area contributed by atoms with Crippen LogP contribution in [0.25, 0.3) is 5.69 Å². The molecule has 0 aliphatic heterocycles. The SMILES string of the molecule is COc1ccc(N(CC(=O)N/N=C\c2cc(C)n(-c3ccc(C)cc3C)c2C)S(C)(=O)=O)c(OC)c1. The van der Waals surface area contributed by atoms with E-state index in [2.05, 4.69) is 47.1 Å². The highest BCUT2D eigenvalue weighted by atomic mass is 32.2. The van der Waals surface area contributed by atoms with Crippen molar-refractivity contribution in [2.75, 3.05) is 31.3 Å². The van der Waals surface area contributed by atoms with Crippen molar-refractivity contribution in [2.24, 2.45) is 5.10 Å². The van der Waals surface area contributed by atoms with E-state index < -0.39 is 22.5 Å². The second-order valence-corrected chi connectivity index (χ2v) is 10.5. The molecule has 0 saturated heterocycles. The molecule has 2 aromatic carbocycles. The summed E-state index contributed by atoms with van der Waals surface area (Å²) < 4.78 is 38.5. The Kier molecular flexibility index (Phi) is 8.09. The predicted molar refractivity (Wildman–Crippen MR) is 142 cm³/mol. The third-order valence-corrected chi connectivity index (χ3v) is 6.93. The smallest absolute Gasteiger partial charge is 0.260 e. The number of nitrogens with zero attached hydrogens (tertiary/aromatic N) is 3. The number of hydrogen-bond acceptors (Lipinski definition) is 6. The Labute approximate surface area is 212 Å². The van der Waals surface area contributed by atoms with E-state index in [1.54, 1.807) is 18.3 Å². The zero-order valence-electron chi connectivity index (χ0n) is 21.6. The lowest BCUT2D eigenvalue weighted by Crippen LogP contribution is -2.39. The highest BCUT2D eigenvalue weighted by Gasteiger charge is 2.24. The van der Waals surface area contributed by atoms with Crippen LogP contribution in [0, 0.1) is 27.7 Å². The van der Waals surface area contributed by atoms with Crippen LogP contribution in [0.15, 0.2) is 47.6 Å². The predicted octanol–water partition coefficient (Wildman–Crippen LogP) is 3.64. The van der Waals surface area contributed by atoms with Crippen molar-refractivity contribution in [1.82, 2.24) is 9.99 Å². The minimum Gasteiger partial charge on any atom is -0.497 e. The molecule has 0 unspecified atom stereocenters. The van der Waals surface area contributed by atoms with Crippen LogP contribution in [0.5, 0.6) is 11.5 Å².